The van der Waals surface area contributed by atoms with Crippen LogP contribution in [0.4, 0.5) is 4.39 Å². The highest BCUT2D eigenvalue weighted by Crippen LogP contribution is 2.29. The van der Waals surface area contributed by atoms with Gasteiger partial charge in [0.15, 0.2) is 5.84 Å². The van der Waals surface area contributed by atoms with Crippen molar-refractivity contribution in [3.05, 3.63) is 59.4 Å². The van der Waals surface area contributed by atoms with E-state index in [4.69, 9.17) is 20.8 Å². The first kappa shape index (κ1) is 14.8. The average Bonchev–Trinajstić information content (AvgIpc) is 2.50. The number of benzene rings is 2. The summed E-state index contributed by atoms with van der Waals surface area (Å²) in [7, 11) is 0. The smallest absolute Gasteiger partial charge is 0.173 e. The van der Waals surface area contributed by atoms with Crippen LogP contribution in [-0.2, 0) is 6.42 Å². The van der Waals surface area contributed by atoms with Crippen molar-refractivity contribution in [1.29, 1.82) is 0 Å². The molecule has 6 heteroatoms. The number of rotatable bonds is 5. The Morgan fingerprint density at radius 2 is 1.95 bits per heavy atom. The number of halogens is 1. The first-order valence-electron chi connectivity index (χ1n) is 6.29. The molecule has 2 rings (SSSR count). The first-order chi connectivity index (χ1) is 10.2. The number of ether oxygens (including phenoxy) is 1. The van der Waals surface area contributed by atoms with Gasteiger partial charge in [-0.15, -0.1) is 0 Å². The number of amidine groups is 1. The molecular weight excluding hydrogens is 275 g/mol. The molecule has 0 aliphatic rings. The van der Waals surface area contributed by atoms with Crippen LogP contribution in [0.3, 0.4) is 0 Å². The van der Waals surface area contributed by atoms with Crippen LogP contribution in [0.15, 0.2) is 47.6 Å². The van der Waals surface area contributed by atoms with Crippen molar-refractivity contribution in [1.82, 2.24) is 0 Å². The monoisotopic (exact) mass is 290 g/mol. The summed E-state index contributed by atoms with van der Waals surface area (Å²) in [4.78, 5) is 0. The number of nitrogens with two attached hydrogens (primary N) is 1. The van der Waals surface area contributed by atoms with Gasteiger partial charge in [0, 0.05) is 6.61 Å². The van der Waals surface area contributed by atoms with Gasteiger partial charge < -0.3 is 20.8 Å². The summed E-state index contributed by atoms with van der Waals surface area (Å²) in [5, 5.41) is 20.7. The summed E-state index contributed by atoms with van der Waals surface area (Å²) < 4.78 is 19.0. The fourth-order valence-corrected chi connectivity index (χ4v) is 1.89. The lowest BCUT2D eigenvalue weighted by Crippen LogP contribution is -2.14. The van der Waals surface area contributed by atoms with Gasteiger partial charge in [0.1, 0.15) is 17.3 Å². The number of hydrogen-bond donors (Lipinski definition) is 3. The predicted molar refractivity (Wildman–Crippen MR) is 76.2 cm³/mol. The van der Waals surface area contributed by atoms with E-state index in [1.807, 2.05) is 12.1 Å². The van der Waals surface area contributed by atoms with Crippen molar-refractivity contribution in [2.24, 2.45) is 10.9 Å². The molecular formula is C15H15FN2O3. The van der Waals surface area contributed by atoms with Gasteiger partial charge in [0.2, 0.25) is 0 Å². The summed E-state index contributed by atoms with van der Waals surface area (Å²) >= 11 is 0. The lowest BCUT2D eigenvalue weighted by Gasteiger charge is -2.13. The topological polar surface area (TPSA) is 88.1 Å². The van der Waals surface area contributed by atoms with Gasteiger partial charge in [0.25, 0.3) is 0 Å². The summed E-state index contributed by atoms with van der Waals surface area (Å²) in [5.41, 5.74) is 6.48. The second-order valence-electron chi connectivity index (χ2n) is 4.31. The Bertz CT molecular complexity index is 659. The summed E-state index contributed by atoms with van der Waals surface area (Å²) in [5.74, 6) is 0.0129. The summed E-state index contributed by atoms with van der Waals surface area (Å²) in [6.07, 6.45) is 0.427. The summed E-state index contributed by atoms with van der Waals surface area (Å²) in [6.45, 7) is -0.0170. The third-order valence-corrected chi connectivity index (χ3v) is 2.90. The molecule has 0 aliphatic carbocycles. The molecule has 5 nitrogen and oxygen atoms in total. The quantitative estimate of drug-likeness (QED) is 0.341. The van der Waals surface area contributed by atoms with Crippen LogP contribution in [0.5, 0.6) is 11.5 Å². The number of para-hydroxylation sites is 1. The Labute approximate surface area is 121 Å². The average molecular weight is 290 g/mol. The second-order valence-corrected chi connectivity index (χ2v) is 4.31. The second kappa shape index (κ2) is 6.71. The molecule has 0 fully saturated rings. The normalized spacial score (nSPS) is 11.4. The zero-order valence-electron chi connectivity index (χ0n) is 11.2. The van der Waals surface area contributed by atoms with Gasteiger partial charge in [-0.1, -0.05) is 23.4 Å². The third-order valence-electron chi connectivity index (χ3n) is 2.90. The van der Waals surface area contributed by atoms with E-state index in [1.54, 1.807) is 12.1 Å². The molecule has 0 saturated heterocycles. The van der Waals surface area contributed by atoms with Crippen molar-refractivity contribution in [2.75, 3.05) is 6.61 Å². The molecule has 2 aromatic rings. The minimum Gasteiger partial charge on any atom is -0.456 e. The Morgan fingerprint density at radius 1 is 1.19 bits per heavy atom. The van der Waals surface area contributed by atoms with Crippen molar-refractivity contribution in [2.45, 2.75) is 6.42 Å². The van der Waals surface area contributed by atoms with Crippen LogP contribution in [0, 0.1) is 5.82 Å². The standard InChI is InChI=1S/C15H15FN2O3/c16-11-5-6-14(12(9-11)15(17)18-20)21-13-4-2-1-3-10(13)7-8-19/h1-6,9,19-20H,7-8H2,(H2,17,18). The SMILES string of the molecule is N/C(=N/O)c1cc(F)ccc1Oc1ccccc1CCO. The van der Waals surface area contributed by atoms with Gasteiger partial charge in [-0.3, -0.25) is 0 Å². The highest BCUT2D eigenvalue weighted by atomic mass is 19.1. The number of oxime groups is 1. The Hall–Kier alpha value is -2.60. The Morgan fingerprint density at radius 3 is 2.67 bits per heavy atom. The van der Waals surface area contributed by atoms with Gasteiger partial charge in [0.05, 0.1) is 5.56 Å². The molecule has 0 aliphatic heterocycles. The zero-order chi connectivity index (χ0) is 15.2. The zero-order valence-corrected chi connectivity index (χ0v) is 11.2. The lowest BCUT2D eigenvalue weighted by molar-refractivity contribution is 0.298. The molecule has 2 aromatic carbocycles. The maximum absolute atomic E-state index is 13.3. The largest absolute Gasteiger partial charge is 0.456 e. The highest BCUT2D eigenvalue weighted by molar-refractivity contribution is 5.99. The molecule has 0 bridgehead atoms. The number of hydrogen-bond acceptors (Lipinski definition) is 4. The first-order valence-corrected chi connectivity index (χ1v) is 6.29. The van der Waals surface area contributed by atoms with Gasteiger partial charge in [-0.2, -0.15) is 0 Å². The molecule has 21 heavy (non-hydrogen) atoms. The van der Waals surface area contributed by atoms with Gasteiger partial charge in [-0.25, -0.2) is 4.39 Å². The molecule has 0 unspecified atom stereocenters. The van der Waals surface area contributed by atoms with E-state index >= 15 is 0 Å². The van der Waals surface area contributed by atoms with Gasteiger partial charge >= 0.3 is 0 Å². The molecule has 0 amide bonds. The van der Waals surface area contributed by atoms with E-state index in [-0.39, 0.29) is 23.8 Å². The molecule has 0 atom stereocenters. The predicted octanol–water partition coefficient (Wildman–Crippen LogP) is 2.25. The molecule has 0 saturated carbocycles. The van der Waals surface area contributed by atoms with Crippen molar-refractivity contribution >= 4 is 5.84 Å². The molecule has 0 radical (unpaired) electrons. The number of aliphatic hydroxyl groups is 1. The van der Waals surface area contributed by atoms with E-state index in [1.165, 1.54) is 12.1 Å². The maximum atomic E-state index is 13.3. The number of nitrogens with zero attached hydrogens (tertiary/aromatic N) is 1. The van der Waals surface area contributed by atoms with Crippen molar-refractivity contribution in [3.8, 4) is 11.5 Å². The van der Waals surface area contributed by atoms with E-state index in [0.717, 1.165) is 11.6 Å². The maximum Gasteiger partial charge on any atom is 0.173 e. The van der Waals surface area contributed by atoms with E-state index in [2.05, 4.69) is 5.16 Å². The lowest BCUT2D eigenvalue weighted by atomic mass is 10.1. The minimum atomic E-state index is -0.521. The van der Waals surface area contributed by atoms with Crippen LogP contribution < -0.4 is 10.5 Å². The third kappa shape index (κ3) is 3.49. The van der Waals surface area contributed by atoms with E-state index in [9.17, 15) is 4.39 Å². The van der Waals surface area contributed by atoms with Crippen LogP contribution >= 0.6 is 0 Å². The van der Waals surface area contributed by atoms with E-state index in [0.29, 0.717) is 12.2 Å². The number of aliphatic hydroxyl groups excluding tert-OH is 1. The van der Waals surface area contributed by atoms with Crippen LogP contribution in [0.25, 0.3) is 0 Å². The summed E-state index contributed by atoms with van der Waals surface area (Å²) in [6, 6.07) is 10.9. The Balaban J connectivity index is 2.40. The van der Waals surface area contributed by atoms with Crippen LogP contribution in [0.2, 0.25) is 0 Å². The van der Waals surface area contributed by atoms with Gasteiger partial charge in [-0.05, 0) is 36.2 Å². The molecule has 110 valence electrons. The van der Waals surface area contributed by atoms with Crippen molar-refractivity contribution < 1.29 is 19.4 Å². The Kier molecular flexibility index (Phi) is 4.73. The molecule has 0 aromatic heterocycles. The molecule has 0 spiro atoms. The molecule has 0 heterocycles. The molecule has 4 N–H and O–H groups in total. The van der Waals surface area contributed by atoms with E-state index < -0.39 is 5.82 Å². The van der Waals surface area contributed by atoms with Crippen LogP contribution in [0.1, 0.15) is 11.1 Å². The highest BCUT2D eigenvalue weighted by Gasteiger charge is 2.12. The fraction of sp³-hybridized carbons (Fsp3) is 0.133. The van der Waals surface area contributed by atoms with Crippen LogP contribution in [-0.4, -0.2) is 22.8 Å². The minimum absolute atomic E-state index is 0.0170. The van der Waals surface area contributed by atoms with Crippen molar-refractivity contribution in [3.63, 3.8) is 0 Å². The fourth-order valence-electron chi connectivity index (χ4n) is 1.89.